The molecule has 0 spiro atoms. The largest absolute Gasteiger partial charge is 0.399 e. The fourth-order valence-corrected chi connectivity index (χ4v) is 2.44. The Kier molecular flexibility index (Phi) is 4.10. The van der Waals surface area contributed by atoms with E-state index in [2.05, 4.69) is 21.6 Å². The van der Waals surface area contributed by atoms with E-state index in [1.54, 1.807) is 24.3 Å². The Hall–Kier alpha value is -3.08. The highest BCUT2D eigenvalue weighted by Gasteiger charge is 2.06. The normalized spacial score (nSPS) is 11.6. The van der Waals surface area contributed by atoms with Gasteiger partial charge in [0.15, 0.2) is 0 Å². The number of anilines is 1. The lowest BCUT2D eigenvalue weighted by atomic mass is 10.1. The highest BCUT2D eigenvalue weighted by molar-refractivity contribution is 5.96. The maximum absolute atomic E-state index is 12.0. The van der Waals surface area contributed by atoms with Crippen molar-refractivity contribution in [1.29, 1.82) is 0 Å². The second-order valence-electron chi connectivity index (χ2n) is 5.45. The van der Waals surface area contributed by atoms with Crippen molar-refractivity contribution in [2.24, 2.45) is 5.10 Å². The van der Waals surface area contributed by atoms with Gasteiger partial charge in [0.2, 0.25) is 0 Å². The van der Waals surface area contributed by atoms with E-state index in [1.165, 1.54) is 5.39 Å². The average molecular weight is 306 g/mol. The summed E-state index contributed by atoms with van der Waals surface area (Å²) in [6, 6.07) is 14.8. The Morgan fingerprint density at radius 2 is 1.91 bits per heavy atom. The van der Waals surface area contributed by atoms with Gasteiger partial charge in [-0.05, 0) is 42.8 Å². The van der Waals surface area contributed by atoms with Gasteiger partial charge in [0.1, 0.15) is 0 Å². The molecule has 5 heteroatoms. The number of nitrogens with zero attached hydrogens (tertiary/aromatic N) is 1. The molecule has 4 N–H and O–H groups in total. The number of hydrazone groups is 1. The Morgan fingerprint density at radius 1 is 1.17 bits per heavy atom. The molecule has 0 aliphatic heterocycles. The first-order valence-corrected chi connectivity index (χ1v) is 7.37. The number of benzene rings is 2. The maximum atomic E-state index is 12.0. The zero-order chi connectivity index (χ0) is 16.2. The summed E-state index contributed by atoms with van der Waals surface area (Å²) in [5.41, 5.74) is 12.4. The van der Waals surface area contributed by atoms with Crippen LogP contribution in [0.1, 0.15) is 22.8 Å². The van der Waals surface area contributed by atoms with Gasteiger partial charge < -0.3 is 10.7 Å². The lowest BCUT2D eigenvalue weighted by Crippen LogP contribution is -2.19. The van der Waals surface area contributed by atoms with Crippen LogP contribution in [-0.4, -0.2) is 16.6 Å². The number of amides is 1. The number of nitrogens with two attached hydrogens (primary N) is 1. The monoisotopic (exact) mass is 306 g/mol. The van der Waals surface area contributed by atoms with Gasteiger partial charge in [0.25, 0.3) is 5.91 Å². The third-order valence-electron chi connectivity index (χ3n) is 3.64. The van der Waals surface area contributed by atoms with Crippen molar-refractivity contribution in [1.82, 2.24) is 10.4 Å². The summed E-state index contributed by atoms with van der Waals surface area (Å²) >= 11 is 0. The highest BCUT2D eigenvalue weighted by atomic mass is 16.2. The molecule has 0 bridgehead atoms. The van der Waals surface area contributed by atoms with Crippen molar-refractivity contribution in [2.45, 2.75) is 13.3 Å². The summed E-state index contributed by atoms with van der Waals surface area (Å²) < 4.78 is 0. The molecule has 0 aliphatic carbocycles. The second kappa shape index (κ2) is 6.36. The smallest absolute Gasteiger partial charge is 0.271 e. The van der Waals surface area contributed by atoms with Crippen LogP contribution in [-0.2, 0) is 6.42 Å². The van der Waals surface area contributed by atoms with Crippen molar-refractivity contribution in [3.8, 4) is 0 Å². The number of para-hydroxylation sites is 1. The number of hydrogen-bond acceptors (Lipinski definition) is 3. The van der Waals surface area contributed by atoms with E-state index in [0.29, 0.717) is 17.7 Å². The molecule has 1 heterocycles. The second-order valence-corrected chi connectivity index (χ2v) is 5.45. The number of aromatic nitrogens is 1. The molecule has 0 aliphatic rings. The van der Waals surface area contributed by atoms with Crippen molar-refractivity contribution < 1.29 is 4.79 Å². The van der Waals surface area contributed by atoms with Gasteiger partial charge in [-0.1, -0.05) is 18.2 Å². The molecular weight excluding hydrogens is 288 g/mol. The Morgan fingerprint density at radius 3 is 2.70 bits per heavy atom. The Labute approximate surface area is 134 Å². The lowest BCUT2D eigenvalue weighted by Gasteiger charge is -2.03. The van der Waals surface area contributed by atoms with E-state index in [0.717, 1.165) is 16.8 Å². The van der Waals surface area contributed by atoms with E-state index >= 15 is 0 Å². The van der Waals surface area contributed by atoms with Crippen LogP contribution in [0.25, 0.3) is 10.9 Å². The van der Waals surface area contributed by atoms with Crippen molar-refractivity contribution in [3.05, 3.63) is 65.9 Å². The molecule has 0 saturated carbocycles. The molecule has 3 rings (SSSR count). The summed E-state index contributed by atoms with van der Waals surface area (Å²) in [6.45, 7) is 1.89. The third kappa shape index (κ3) is 3.40. The van der Waals surface area contributed by atoms with E-state index in [9.17, 15) is 4.79 Å². The van der Waals surface area contributed by atoms with Crippen LogP contribution < -0.4 is 11.2 Å². The minimum atomic E-state index is -0.247. The van der Waals surface area contributed by atoms with Gasteiger partial charge in [-0.3, -0.25) is 4.79 Å². The van der Waals surface area contributed by atoms with Crippen LogP contribution in [0.15, 0.2) is 59.8 Å². The number of aromatic amines is 1. The molecule has 23 heavy (non-hydrogen) atoms. The first-order chi connectivity index (χ1) is 11.1. The number of fused-ring (bicyclic) bond motifs is 1. The van der Waals surface area contributed by atoms with Gasteiger partial charge in [0, 0.05) is 40.5 Å². The van der Waals surface area contributed by atoms with E-state index < -0.39 is 0 Å². The number of carbonyl (C=O) groups excluding carboxylic acids is 1. The first-order valence-electron chi connectivity index (χ1n) is 7.37. The average Bonchev–Trinajstić information content (AvgIpc) is 2.96. The van der Waals surface area contributed by atoms with Gasteiger partial charge in [-0.25, -0.2) is 5.43 Å². The summed E-state index contributed by atoms with van der Waals surface area (Å²) in [4.78, 5) is 15.2. The predicted octanol–water partition coefficient (Wildman–Crippen LogP) is 3.10. The number of rotatable bonds is 4. The number of carbonyl (C=O) groups is 1. The first kappa shape index (κ1) is 14.8. The van der Waals surface area contributed by atoms with Crippen LogP contribution in [0.4, 0.5) is 5.69 Å². The van der Waals surface area contributed by atoms with E-state index in [1.807, 2.05) is 31.3 Å². The highest BCUT2D eigenvalue weighted by Crippen LogP contribution is 2.18. The maximum Gasteiger partial charge on any atom is 0.271 e. The zero-order valence-electron chi connectivity index (χ0n) is 12.8. The summed E-state index contributed by atoms with van der Waals surface area (Å²) in [6.07, 6.45) is 2.65. The molecule has 0 saturated heterocycles. The number of nitrogens with one attached hydrogen (secondary N) is 2. The molecule has 1 aromatic heterocycles. The number of nitrogen functional groups attached to an aromatic ring is 1. The molecular formula is C18H18N4O. The number of H-pyrrole nitrogens is 1. The fourth-order valence-electron chi connectivity index (χ4n) is 2.44. The van der Waals surface area contributed by atoms with Crippen LogP contribution in [0.3, 0.4) is 0 Å². The quantitative estimate of drug-likeness (QED) is 0.393. The molecule has 0 atom stereocenters. The van der Waals surface area contributed by atoms with Crippen molar-refractivity contribution in [3.63, 3.8) is 0 Å². The molecule has 1 amide bonds. The molecule has 0 radical (unpaired) electrons. The van der Waals surface area contributed by atoms with Crippen molar-refractivity contribution >= 4 is 28.2 Å². The molecule has 2 aromatic carbocycles. The van der Waals surface area contributed by atoms with Crippen LogP contribution in [0, 0.1) is 0 Å². The summed E-state index contributed by atoms with van der Waals surface area (Å²) in [7, 11) is 0. The van der Waals surface area contributed by atoms with Gasteiger partial charge in [-0.2, -0.15) is 5.10 Å². The zero-order valence-corrected chi connectivity index (χ0v) is 12.8. The SMILES string of the molecule is C/C(Cc1c[nH]c2ccccc12)=N/NC(=O)c1ccc(N)cc1. The molecule has 0 unspecified atom stereocenters. The molecule has 5 nitrogen and oxygen atoms in total. The minimum Gasteiger partial charge on any atom is -0.399 e. The minimum absolute atomic E-state index is 0.247. The van der Waals surface area contributed by atoms with Gasteiger partial charge in [0.05, 0.1) is 0 Å². The van der Waals surface area contributed by atoms with Gasteiger partial charge in [-0.15, -0.1) is 0 Å². The van der Waals surface area contributed by atoms with E-state index in [4.69, 9.17) is 5.73 Å². The molecule has 116 valence electrons. The van der Waals surface area contributed by atoms with Crippen LogP contribution in [0.2, 0.25) is 0 Å². The predicted molar refractivity (Wildman–Crippen MR) is 93.4 cm³/mol. The molecule has 3 aromatic rings. The van der Waals surface area contributed by atoms with Crippen LogP contribution >= 0.6 is 0 Å². The topological polar surface area (TPSA) is 83.3 Å². The fraction of sp³-hybridized carbons (Fsp3) is 0.111. The van der Waals surface area contributed by atoms with Crippen molar-refractivity contribution in [2.75, 3.05) is 5.73 Å². The third-order valence-corrected chi connectivity index (χ3v) is 3.64. The molecule has 0 fully saturated rings. The number of hydrogen-bond donors (Lipinski definition) is 3. The van der Waals surface area contributed by atoms with E-state index in [-0.39, 0.29) is 5.91 Å². The Balaban J connectivity index is 1.68. The Bertz CT molecular complexity index is 862. The summed E-state index contributed by atoms with van der Waals surface area (Å²) in [5, 5.41) is 5.35. The standard InChI is InChI=1S/C18H18N4O/c1-12(10-14-11-20-17-5-3-2-4-16(14)17)21-22-18(23)13-6-8-15(19)9-7-13/h2-9,11,20H,10,19H2,1H3,(H,22,23)/b21-12-. The lowest BCUT2D eigenvalue weighted by molar-refractivity contribution is 0.0954. The summed E-state index contributed by atoms with van der Waals surface area (Å²) in [5.74, 6) is -0.247. The van der Waals surface area contributed by atoms with Crippen LogP contribution in [0.5, 0.6) is 0 Å². The van der Waals surface area contributed by atoms with Gasteiger partial charge >= 0.3 is 0 Å².